The standard InChI is InChI=1S/C21H28N2O4/c1-13-8-9-18(14(2)10-13)22-20(25)15(3)27-21(26)16-11-19(24)23(12-16)17-6-4-5-7-17/h8-10,15-17H,4-7,11-12H2,1-3H3,(H,22,25)/t15-,16+/m1/s1. The van der Waals surface area contributed by atoms with E-state index in [1.54, 1.807) is 6.92 Å². The predicted molar refractivity (Wildman–Crippen MR) is 102 cm³/mol. The molecule has 0 unspecified atom stereocenters. The van der Waals surface area contributed by atoms with Crippen LogP contribution in [0.4, 0.5) is 5.69 Å². The Hall–Kier alpha value is -2.37. The molecule has 6 nitrogen and oxygen atoms in total. The Morgan fingerprint density at radius 1 is 1.22 bits per heavy atom. The number of rotatable bonds is 5. The van der Waals surface area contributed by atoms with E-state index in [2.05, 4.69) is 5.32 Å². The summed E-state index contributed by atoms with van der Waals surface area (Å²) in [6.07, 6.45) is 3.58. The number of hydrogen-bond acceptors (Lipinski definition) is 4. The topological polar surface area (TPSA) is 75.7 Å². The summed E-state index contributed by atoms with van der Waals surface area (Å²) in [6.45, 7) is 5.87. The van der Waals surface area contributed by atoms with Crippen LogP contribution >= 0.6 is 0 Å². The highest BCUT2D eigenvalue weighted by atomic mass is 16.5. The molecule has 1 N–H and O–H groups in total. The van der Waals surface area contributed by atoms with Gasteiger partial charge in [0.05, 0.1) is 5.92 Å². The number of likely N-dealkylation sites (tertiary alicyclic amines) is 1. The van der Waals surface area contributed by atoms with E-state index >= 15 is 0 Å². The molecule has 146 valence electrons. The number of hydrogen-bond donors (Lipinski definition) is 1. The molecular formula is C21H28N2O4. The van der Waals surface area contributed by atoms with Gasteiger partial charge in [0.1, 0.15) is 0 Å². The summed E-state index contributed by atoms with van der Waals surface area (Å²) in [5.74, 6) is -1.29. The van der Waals surface area contributed by atoms with Gasteiger partial charge in [-0.2, -0.15) is 0 Å². The van der Waals surface area contributed by atoms with Gasteiger partial charge in [0.15, 0.2) is 6.10 Å². The number of carbonyl (C=O) groups is 3. The first-order valence-electron chi connectivity index (χ1n) is 9.73. The van der Waals surface area contributed by atoms with E-state index in [1.165, 1.54) is 0 Å². The van der Waals surface area contributed by atoms with Gasteiger partial charge in [0.2, 0.25) is 5.91 Å². The van der Waals surface area contributed by atoms with Crippen molar-refractivity contribution in [1.29, 1.82) is 0 Å². The van der Waals surface area contributed by atoms with Crippen LogP contribution in [0.15, 0.2) is 18.2 Å². The predicted octanol–water partition coefficient (Wildman–Crippen LogP) is 2.96. The van der Waals surface area contributed by atoms with Crippen LogP contribution in [-0.2, 0) is 19.1 Å². The monoisotopic (exact) mass is 372 g/mol. The van der Waals surface area contributed by atoms with Crippen molar-refractivity contribution < 1.29 is 19.1 Å². The average molecular weight is 372 g/mol. The Bertz CT molecular complexity index is 740. The maximum Gasteiger partial charge on any atom is 0.312 e. The first kappa shape index (κ1) is 19.4. The molecule has 1 saturated heterocycles. The Labute approximate surface area is 160 Å². The van der Waals surface area contributed by atoms with E-state index in [-0.39, 0.29) is 24.3 Å². The molecule has 1 saturated carbocycles. The summed E-state index contributed by atoms with van der Waals surface area (Å²) in [4.78, 5) is 38.9. The molecule has 2 fully saturated rings. The SMILES string of the molecule is Cc1ccc(NC(=O)[C@@H](C)OC(=O)[C@H]2CC(=O)N(C3CCCC3)C2)c(C)c1. The largest absolute Gasteiger partial charge is 0.452 e. The summed E-state index contributed by atoms with van der Waals surface area (Å²) in [6, 6.07) is 6.00. The van der Waals surface area contributed by atoms with E-state index in [0.717, 1.165) is 36.8 Å². The Kier molecular flexibility index (Phi) is 5.82. The number of nitrogens with one attached hydrogen (secondary N) is 1. The van der Waals surface area contributed by atoms with E-state index < -0.39 is 18.0 Å². The van der Waals surface area contributed by atoms with Crippen molar-refractivity contribution in [2.24, 2.45) is 5.92 Å². The molecule has 27 heavy (non-hydrogen) atoms. The molecule has 2 amide bonds. The Morgan fingerprint density at radius 3 is 2.59 bits per heavy atom. The first-order chi connectivity index (χ1) is 12.8. The van der Waals surface area contributed by atoms with Crippen LogP contribution < -0.4 is 5.32 Å². The van der Waals surface area contributed by atoms with Crippen molar-refractivity contribution in [3.63, 3.8) is 0 Å². The van der Waals surface area contributed by atoms with Crippen LogP contribution in [0.25, 0.3) is 0 Å². The summed E-state index contributed by atoms with van der Waals surface area (Å²) >= 11 is 0. The lowest BCUT2D eigenvalue weighted by molar-refractivity contribution is -0.157. The molecule has 3 rings (SSSR count). The third-order valence-corrected chi connectivity index (χ3v) is 5.56. The second-order valence-corrected chi connectivity index (χ2v) is 7.77. The number of esters is 1. The number of anilines is 1. The summed E-state index contributed by atoms with van der Waals surface area (Å²) in [5.41, 5.74) is 2.77. The molecule has 0 bridgehead atoms. The molecule has 1 heterocycles. The second kappa shape index (κ2) is 8.11. The lowest BCUT2D eigenvalue weighted by atomic mass is 10.1. The lowest BCUT2D eigenvalue weighted by Gasteiger charge is -2.24. The van der Waals surface area contributed by atoms with Crippen LogP contribution in [0.1, 0.15) is 50.2 Å². The maximum atomic E-state index is 12.4. The number of nitrogens with zero attached hydrogens (tertiary/aromatic N) is 1. The zero-order valence-electron chi connectivity index (χ0n) is 16.3. The minimum absolute atomic E-state index is 0.0243. The smallest absolute Gasteiger partial charge is 0.312 e. The molecule has 2 atom stereocenters. The normalized spacial score (nSPS) is 21.4. The summed E-state index contributed by atoms with van der Waals surface area (Å²) < 4.78 is 5.36. The fourth-order valence-electron chi connectivity index (χ4n) is 3.97. The number of aryl methyl sites for hydroxylation is 2. The fraction of sp³-hybridized carbons (Fsp3) is 0.571. The first-order valence-corrected chi connectivity index (χ1v) is 9.73. The van der Waals surface area contributed by atoms with Crippen LogP contribution in [0.5, 0.6) is 0 Å². The van der Waals surface area contributed by atoms with Crippen LogP contribution in [0.3, 0.4) is 0 Å². The van der Waals surface area contributed by atoms with Gasteiger partial charge >= 0.3 is 5.97 Å². The summed E-state index contributed by atoms with van der Waals surface area (Å²) in [5, 5.41) is 2.80. The highest BCUT2D eigenvalue weighted by Gasteiger charge is 2.40. The number of benzene rings is 1. The Balaban J connectivity index is 1.54. The molecule has 6 heteroatoms. The van der Waals surface area contributed by atoms with Gasteiger partial charge in [-0.3, -0.25) is 14.4 Å². The third-order valence-electron chi connectivity index (χ3n) is 5.56. The van der Waals surface area contributed by atoms with Crippen LogP contribution in [-0.4, -0.2) is 41.4 Å². The van der Waals surface area contributed by atoms with Crippen LogP contribution in [0, 0.1) is 19.8 Å². The van der Waals surface area contributed by atoms with Gasteiger partial charge in [0.25, 0.3) is 5.91 Å². The molecule has 0 spiro atoms. The zero-order chi connectivity index (χ0) is 19.6. The van der Waals surface area contributed by atoms with Crippen molar-refractivity contribution in [3.8, 4) is 0 Å². The lowest BCUT2D eigenvalue weighted by Crippen LogP contribution is -2.36. The summed E-state index contributed by atoms with van der Waals surface area (Å²) in [7, 11) is 0. The van der Waals surface area contributed by atoms with Crippen molar-refractivity contribution in [1.82, 2.24) is 4.90 Å². The van der Waals surface area contributed by atoms with E-state index in [9.17, 15) is 14.4 Å². The quantitative estimate of drug-likeness (QED) is 0.807. The van der Waals surface area contributed by atoms with Gasteiger partial charge in [0, 0.05) is 24.7 Å². The van der Waals surface area contributed by atoms with Crippen molar-refractivity contribution in [2.45, 2.75) is 65.0 Å². The van der Waals surface area contributed by atoms with Gasteiger partial charge in [-0.25, -0.2) is 0 Å². The zero-order valence-corrected chi connectivity index (χ0v) is 16.3. The van der Waals surface area contributed by atoms with Gasteiger partial charge in [-0.1, -0.05) is 30.5 Å². The average Bonchev–Trinajstić information content (AvgIpc) is 3.26. The molecule has 1 aromatic rings. The third kappa shape index (κ3) is 4.49. The second-order valence-electron chi connectivity index (χ2n) is 7.77. The van der Waals surface area contributed by atoms with Gasteiger partial charge in [-0.15, -0.1) is 0 Å². The van der Waals surface area contributed by atoms with Crippen LogP contribution in [0.2, 0.25) is 0 Å². The molecule has 0 aromatic heterocycles. The van der Waals surface area contributed by atoms with Crippen molar-refractivity contribution >= 4 is 23.5 Å². The minimum Gasteiger partial charge on any atom is -0.452 e. The minimum atomic E-state index is -0.908. The molecule has 1 aliphatic heterocycles. The van der Waals surface area contributed by atoms with Crippen molar-refractivity contribution in [3.05, 3.63) is 29.3 Å². The maximum absolute atomic E-state index is 12.4. The van der Waals surface area contributed by atoms with E-state index in [1.807, 2.05) is 36.9 Å². The van der Waals surface area contributed by atoms with Gasteiger partial charge in [-0.05, 0) is 45.2 Å². The molecule has 1 aromatic carbocycles. The highest BCUT2D eigenvalue weighted by molar-refractivity contribution is 5.96. The van der Waals surface area contributed by atoms with E-state index in [0.29, 0.717) is 12.2 Å². The molecular weight excluding hydrogens is 344 g/mol. The fourth-order valence-corrected chi connectivity index (χ4v) is 3.97. The highest BCUT2D eigenvalue weighted by Crippen LogP contribution is 2.30. The molecule has 2 aliphatic rings. The van der Waals surface area contributed by atoms with Crippen molar-refractivity contribution in [2.75, 3.05) is 11.9 Å². The Morgan fingerprint density at radius 2 is 1.93 bits per heavy atom. The molecule has 1 aliphatic carbocycles. The van der Waals surface area contributed by atoms with Gasteiger partial charge < -0.3 is 15.0 Å². The van der Waals surface area contributed by atoms with E-state index in [4.69, 9.17) is 4.74 Å². The molecule has 0 radical (unpaired) electrons. The number of carbonyl (C=O) groups excluding carboxylic acids is 3. The number of ether oxygens (including phenoxy) is 1. The number of amides is 2.